The van der Waals surface area contributed by atoms with Gasteiger partial charge in [0.25, 0.3) is 5.91 Å². The van der Waals surface area contributed by atoms with Gasteiger partial charge in [0.1, 0.15) is 5.66 Å². The van der Waals surface area contributed by atoms with Crippen molar-refractivity contribution in [3.8, 4) is 0 Å². The molecule has 6 nitrogen and oxygen atoms in total. The van der Waals surface area contributed by atoms with Gasteiger partial charge in [0.05, 0.1) is 5.56 Å². The van der Waals surface area contributed by atoms with Gasteiger partial charge in [-0.1, -0.05) is 12.1 Å². The molecule has 0 saturated heterocycles. The van der Waals surface area contributed by atoms with Crippen molar-refractivity contribution in [3.63, 3.8) is 0 Å². The summed E-state index contributed by atoms with van der Waals surface area (Å²) in [5, 5.41) is 9.95. The molecule has 27 heavy (non-hydrogen) atoms. The lowest BCUT2D eigenvalue weighted by atomic mass is 9.58. The maximum Gasteiger partial charge on any atom is 0.255 e. The van der Waals surface area contributed by atoms with E-state index in [1.54, 1.807) is 0 Å². The van der Waals surface area contributed by atoms with Crippen molar-refractivity contribution < 1.29 is 14.3 Å². The molecule has 4 aliphatic rings. The number of anilines is 1. The zero-order chi connectivity index (χ0) is 18.9. The molecule has 0 radical (unpaired) electrons. The lowest BCUT2D eigenvalue weighted by Crippen LogP contribution is -2.68. The number of benzene rings is 1. The second-order valence-electron chi connectivity index (χ2n) is 8.02. The van der Waals surface area contributed by atoms with Gasteiger partial charge < -0.3 is 20.7 Å². The Labute approximate surface area is 160 Å². The van der Waals surface area contributed by atoms with E-state index in [-0.39, 0.29) is 23.7 Å². The molecular weight excluding hydrogens is 342 g/mol. The summed E-state index contributed by atoms with van der Waals surface area (Å²) in [5.74, 6) is 0.795. The fourth-order valence-electron chi connectivity index (χ4n) is 5.13. The van der Waals surface area contributed by atoms with Gasteiger partial charge in [-0.25, -0.2) is 0 Å². The first-order valence-corrected chi connectivity index (χ1v) is 10.2. The first-order chi connectivity index (χ1) is 13.1. The molecule has 2 bridgehead atoms. The monoisotopic (exact) mass is 371 g/mol. The van der Waals surface area contributed by atoms with E-state index in [1.807, 2.05) is 31.2 Å². The molecule has 1 spiro atoms. The number of carbonyl (C=O) groups excluding carboxylic acids is 2. The van der Waals surface area contributed by atoms with Crippen LogP contribution in [0.2, 0.25) is 0 Å². The number of nitrogens with one attached hydrogen (secondary N) is 3. The van der Waals surface area contributed by atoms with Gasteiger partial charge in [0.2, 0.25) is 5.91 Å². The standard InChI is InChI=1S/C21H29N3O3/c1-2-27-11-5-10-22-19(25)17-12-15-9-8-14(17)13-21(15)23-18-7-4-3-6-16(18)20(26)24-21/h3-4,6-7,14-15,17,23H,2,5,8-13H2,1H3,(H,22,25)(H,24,26)/t14-,15+,17-,21-/m1/s1. The Morgan fingerprint density at radius 3 is 2.93 bits per heavy atom. The average Bonchev–Trinajstić information content (AvgIpc) is 2.68. The van der Waals surface area contributed by atoms with Crippen LogP contribution >= 0.6 is 0 Å². The minimum atomic E-state index is -0.403. The predicted octanol–water partition coefficient (Wildman–Crippen LogP) is 2.52. The summed E-state index contributed by atoms with van der Waals surface area (Å²) in [5.41, 5.74) is 1.21. The molecule has 1 aliphatic heterocycles. The smallest absolute Gasteiger partial charge is 0.255 e. The molecule has 0 aromatic heterocycles. The normalized spacial score (nSPS) is 31.1. The van der Waals surface area contributed by atoms with Crippen molar-refractivity contribution in [2.45, 2.75) is 44.7 Å². The molecule has 1 aromatic carbocycles. The lowest BCUT2D eigenvalue weighted by molar-refractivity contribution is -0.132. The molecule has 5 rings (SSSR count). The maximum atomic E-state index is 12.7. The third-order valence-electron chi connectivity index (χ3n) is 6.45. The van der Waals surface area contributed by atoms with Crippen LogP contribution in [-0.4, -0.2) is 37.2 Å². The van der Waals surface area contributed by atoms with Crippen LogP contribution in [0.5, 0.6) is 0 Å². The molecule has 6 heteroatoms. The number of carbonyl (C=O) groups is 2. The zero-order valence-electron chi connectivity index (χ0n) is 15.9. The second kappa shape index (κ2) is 7.50. The SMILES string of the molecule is CCOCCCNC(=O)[C@@H]1C[C@@H]2CC[C@@H]1C[C@@]21NC(=O)c2ccccc2N1. The summed E-state index contributed by atoms with van der Waals surface area (Å²) in [6.07, 6.45) is 4.60. The van der Waals surface area contributed by atoms with Crippen LogP contribution < -0.4 is 16.0 Å². The Hall–Kier alpha value is -2.08. The molecule has 3 fully saturated rings. The van der Waals surface area contributed by atoms with Crippen LogP contribution in [0.1, 0.15) is 49.4 Å². The molecule has 1 heterocycles. The molecule has 2 amide bonds. The van der Waals surface area contributed by atoms with E-state index in [9.17, 15) is 9.59 Å². The van der Waals surface area contributed by atoms with Crippen molar-refractivity contribution in [1.82, 2.24) is 10.6 Å². The molecular formula is C21H29N3O3. The third-order valence-corrected chi connectivity index (χ3v) is 6.45. The number of ether oxygens (including phenoxy) is 1. The maximum absolute atomic E-state index is 12.7. The number of hydrogen-bond donors (Lipinski definition) is 3. The molecule has 3 N–H and O–H groups in total. The molecule has 1 aromatic rings. The number of hydrogen-bond acceptors (Lipinski definition) is 4. The Kier molecular flexibility index (Phi) is 5.08. The second-order valence-corrected chi connectivity index (χ2v) is 8.02. The van der Waals surface area contributed by atoms with Crippen LogP contribution in [0.25, 0.3) is 0 Å². The number of fused-ring (bicyclic) bond motifs is 3. The molecule has 3 aliphatic carbocycles. The highest BCUT2D eigenvalue weighted by molar-refractivity contribution is 6.02. The summed E-state index contributed by atoms with van der Waals surface area (Å²) < 4.78 is 5.32. The summed E-state index contributed by atoms with van der Waals surface area (Å²) in [4.78, 5) is 25.3. The van der Waals surface area contributed by atoms with Crippen LogP contribution in [0.15, 0.2) is 24.3 Å². The fourth-order valence-corrected chi connectivity index (χ4v) is 5.13. The minimum Gasteiger partial charge on any atom is -0.382 e. The topological polar surface area (TPSA) is 79.5 Å². The molecule has 0 unspecified atom stereocenters. The van der Waals surface area contributed by atoms with Gasteiger partial charge in [-0.2, -0.15) is 0 Å². The van der Waals surface area contributed by atoms with Crippen molar-refractivity contribution in [2.75, 3.05) is 25.1 Å². The van der Waals surface area contributed by atoms with Crippen LogP contribution in [0, 0.1) is 17.8 Å². The highest BCUT2D eigenvalue weighted by Crippen LogP contribution is 2.51. The quantitative estimate of drug-likeness (QED) is 0.672. The summed E-state index contributed by atoms with van der Waals surface area (Å²) in [6.45, 7) is 4.04. The zero-order valence-corrected chi connectivity index (χ0v) is 15.9. The first kappa shape index (κ1) is 18.3. The highest BCUT2D eigenvalue weighted by Gasteiger charge is 2.55. The van der Waals surface area contributed by atoms with E-state index in [1.165, 1.54) is 0 Å². The Morgan fingerprint density at radius 1 is 1.30 bits per heavy atom. The number of amides is 2. The largest absolute Gasteiger partial charge is 0.382 e. The number of rotatable bonds is 6. The Balaban J connectivity index is 1.41. The van der Waals surface area contributed by atoms with Crippen molar-refractivity contribution in [3.05, 3.63) is 29.8 Å². The Morgan fingerprint density at radius 2 is 2.15 bits per heavy atom. The third kappa shape index (κ3) is 3.43. The van der Waals surface area contributed by atoms with Crippen LogP contribution in [0.3, 0.4) is 0 Å². The van der Waals surface area contributed by atoms with E-state index in [4.69, 9.17) is 4.74 Å². The van der Waals surface area contributed by atoms with Crippen molar-refractivity contribution in [2.24, 2.45) is 17.8 Å². The van der Waals surface area contributed by atoms with Crippen molar-refractivity contribution in [1.29, 1.82) is 0 Å². The van der Waals surface area contributed by atoms with Gasteiger partial charge in [-0.15, -0.1) is 0 Å². The fraction of sp³-hybridized carbons (Fsp3) is 0.619. The lowest BCUT2D eigenvalue weighted by Gasteiger charge is -2.56. The van der Waals surface area contributed by atoms with Crippen molar-refractivity contribution >= 4 is 17.5 Å². The van der Waals surface area contributed by atoms with E-state index >= 15 is 0 Å². The van der Waals surface area contributed by atoms with Gasteiger partial charge in [0, 0.05) is 37.3 Å². The average molecular weight is 371 g/mol. The van der Waals surface area contributed by atoms with E-state index in [2.05, 4.69) is 16.0 Å². The molecule has 146 valence electrons. The molecule has 4 atom stereocenters. The van der Waals surface area contributed by atoms with E-state index in [0.29, 0.717) is 31.2 Å². The highest BCUT2D eigenvalue weighted by atomic mass is 16.5. The minimum absolute atomic E-state index is 0.00572. The van der Waals surface area contributed by atoms with E-state index in [0.717, 1.165) is 37.8 Å². The molecule has 3 saturated carbocycles. The first-order valence-electron chi connectivity index (χ1n) is 10.2. The van der Waals surface area contributed by atoms with E-state index < -0.39 is 5.66 Å². The van der Waals surface area contributed by atoms with Gasteiger partial charge in [0.15, 0.2) is 0 Å². The van der Waals surface area contributed by atoms with Crippen LogP contribution in [-0.2, 0) is 9.53 Å². The summed E-state index contributed by atoms with van der Waals surface area (Å²) in [7, 11) is 0. The van der Waals surface area contributed by atoms with Gasteiger partial charge in [-0.05, 0) is 57.1 Å². The van der Waals surface area contributed by atoms with Gasteiger partial charge in [-0.3, -0.25) is 9.59 Å². The Bertz CT molecular complexity index is 722. The number of para-hydroxylation sites is 1. The summed E-state index contributed by atoms with van der Waals surface area (Å²) >= 11 is 0. The van der Waals surface area contributed by atoms with Crippen LogP contribution in [0.4, 0.5) is 5.69 Å². The predicted molar refractivity (Wildman–Crippen MR) is 103 cm³/mol. The van der Waals surface area contributed by atoms with Gasteiger partial charge >= 0.3 is 0 Å². The summed E-state index contributed by atoms with van der Waals surface area (Å²) in [6, 6.07) is 7.67.